The Hall–Kier alpha value is -2.68. The molecule has 28 heavy (non-hydrogen) atoms. The number of halogens is 2. The minimum Gasteiger partial charge on any atom is -0.493 e. The Bertz CT molecular complexity index is 798. The minimum atomic E-state index is -3.02. The molecule has 1 aliphatic heterocycles. The third-order valence-corrected chi connectivity index (χ3v) is 4.48. The molecule has 0 unspecified atom stereocenters. The van der Waals surface area contributed by atoms with Crippen molar-refractivity contribution in [2.75, 3.05) is 20.3 Å². The summed E-state index contributed by atoms with van der Waals surface area (Å²) in [4.78, 5) is 14.4. The third kappa shape index (κ3) is 4.59. The molecule has 0 aliphatic carbocycles. The van der Waals surface area contributed by atoms with E-state index in [1.807, 2.05) is 0 Å². The van der Waals surface area contributed by atoms with Gasteiger partial charge in [-0.25, -0.2) is 4.79 Å². The first-order chi connectivity index (χ1) is 13.3. The molecule has 0 fully saturated rings. The number of methoxy groups -OCH3 is 1. The lowest BCUT2D eigenvalue weighted by molar-refractivity contribution is -0.139. The summed E-state index contributed by atoms with van der Waals surface area (Å²) in [5.74, 6) is -0.521. The van der Waals surface area contributed by atoms with Gasteiger partial charge in [0, 0.05) is 12.2 Å². The van der Waals surface area contributed by atoms with Gasteiger partial charge >= 0.3 is 12.6 Å². The van der Waals surface area contributed by atoms with Gasteiger partial charge in [-0.3, -0.25) is 0 Å². The number of ether oxygens (including phenoxy) is 3. The van der Waals surface area contributed by atoms with E-state index in [-0.39, 0.29) is 18.1 Å². The number of hydrogen-bond acceptors (Lipinski definition) is 5. The number of rotatable bonds is 8. The molecule has 2 rings (SSSR count). The number of allylic oxidation sites excluding steroid dienone is 1. The van der Waals surface area contributed by atoms with E-state index in [1.54, 1.807) is 30.9 Å². The van der Waals surface area contributed by atoms with Gasteiger partial charge in [-0.15, -0.1) is 6.58 Å². The molecule has 0 radical (unpaired) electrons. The van der Waals surface area contributed by atoms with Crippen LogP contribution in [0.25, 0.3) is 0 Å². The summed E-state index contributed by atoms with van der Waals surface area (Å²) in [6, 6.07) is 3.83. The zero-order chi connectivity index (χ0) is 20.8. The Labute approximate surface area is 167 Å². The van der Waals surface area contributed by atoms with E-state index in [0.29, 0.717) is 28.5 Å². The second kappa shape index (κ2) is 9.50. The molecule has 0 saturated heterocycles. The first kappa shape index (κ1) is 21.6. The summed E-state index contributed by atoms with van der Waals surface area (Å²) in [5, 5.41) is 3.45. The summed E-state index contributed by atoms with van der Waals surface area (Å²) in [7, 11) is 1.35. The van der Waals surface area contributed by atoms with Crippen LogP contribution in [0.4, 0.5) is 8.78 Å². The van der Waals surface area contributed by atoms with Crippen molar-refractivity contribution in [1.82, 2.24) is 10.2 Å². The fraction of sp³-hybridized carbons (Fsp3) is 0.368. The molecule has 1 heterocycles. The van der Waals surface area contributed by atoms with E-state index >= 15 is 0 Å². The first-order valence-corrected chi connectivity index (χ1v) is 8.94. The molecule has 0 amide bonds. The molecule has 0 saturated carbocycles. The Morgan fingerprint density at radius 2 is 2.14 bits per heavy atom. The number of nitrogens with zero attached hydrogens (tertiary/aromatic N) is 1. The zero-order valence-corrected chi connectivity index (χ0v) is 16.6. The summed E-state index contributed by atoms with van der Waals surface area (Å²) < 4.78 is 40.3. The molecule has 9 heteroatoms. The lowest BCUT2D eigenvalue weighted by Crippen LogP contribution is -2.47. The van der Waals surface area contributed by atoms with Gasteiger partial charge in [-0.1, -0.05) is 12.1 Å². The first-order valence-electron chi connectivity index (χ1n) is 8.53. The van der Waals surface area contributed by atoms with E-state index in [0.717, 1.165) is 0 Å². The van der Waals surface area contributed by atoms with Crippen LogP contribution in [0.15, 0.2) is 42.1 Å². The molecule has 0 spiro atoms. The number of nitrogens with one attached hydrogen (secondary N) is 1. The SMILES string of the molecule is C=CCN1C(=S)N[C@@H](c2ccc(OC)c(OC(F)F)c2)C(C(=O)OCC)=C1C. The van der Waals surface area contributed by atoms with E-state index in [1.165, 1.54) is 19.2 Å². The Kier molecular flexibility index (Phi) is 7.33. The topological polar surface area (TPSA) is 60.0 Å². The van der Waals surface area contributed by atoms with Crippen molar-refractivity contribution in [3.05, 3.63) is 47.7 Å². The van der Waals surface area contributed by atoms with Crippen LogP contribution in [0.5, 0.6) is 11.5 Å². The largest absolute Gasteiger partial charge is 0.493 e. The van der Waals surface area contributed by atoms with Gasteiger partial charge in [-0.05, 0) is 43.8 Å². The smallest absolute Gasteiger partial charge is 0.387 e. The van der Waals surface area contributed by atoms with E-state index in [9.17, 15) is 13.6 Å². The lowest BCUT2D eigenvalue weighted by atomic mass is 9.94. The second-order valence-electron chi connectivity index (χ2n) is 5.79. The van der Waals surface area contributed by atoms with Gasteiger partial charge in [0.25, 0.3) is 0 Å². The maximum atomic E-state index is 12.8. The normalized spacial score (nSPS) is 16.7. The van der Waals surface area contributed by atoms with E-state index in [2.05, 4.69) is 16.6 Å². The number of hydrogen-bond donors (Lipinski definition) is 1. The fourth-order valence-corrected chi connectivity index (χ4v) is 3.24. The number of esters is 1. The Balaban J connectivity index is 2.56. The summed E-state index contributed by atoms with van der Waals surface area (Å²) >= 11 is 5.41. The third-order valence-electron chi connectivity index (χ3n) is 4.14. The van der Waals surface area contributed by atoms with Crippen molar-refractivity contribution in [2.45, 2.75) is 26.5 Å². The highest BCUT2D eigenvalue weighted by Gasteiger charge is 2.34. The molecule has 1 N–H and O–H groups in total. The van der Waals surface area contributed by atoms with Crippen LogP contribution in [0.1, 0.15) is 25.5 Å². The molecule has 0 aromatic heterocycles. The maximum absolute atomic E-state index is 12.8. The summed E-state index contributed by atoms with van der Waals surface area (Å²) in [5.41, 5.74) is 1.42. The molecule has 6 nitrogen and oxygen atoms in total. The van der Waals surface area contributed by atoms with Crippen molar-refractivity contribution < 1.29 is 27.8 Å². The van der Waals surface area contributed by atoms with Crippen LogP contribution in [-0.4, -0.2) is 42.9 Å². The van der Waals surface area contributed by atoms with Gasteiger partial charge in [0.1, 0.15) is 0 Å². The van der Waals surface area contributed by atoms with Crippen LogP contribution in [0.3, 0.4) is 0 Å². The lowest BCUT2D eigenvalue weighted by Gasteiger charge is -2.37. The van der Waals surface area contributed by atoms with Crippen molar-refractivity contribution in [3.8, 4) is 11.5 Å². The molecule has 1 atom stereocenters. The van der Waals surface area contributed by atoms with Crippen LogP contribution in [-0.2, 0) is 9.53 Å². The highest BCUT2D eigenvalue weighted by Crippen LogP contribution is 2.36. The van der Waals surface area contributed by atoms with E-state index in [4.69, 9.17) is 21.7 Å². The van der Waals surface area contributed by atoms with Crippen molar-refractivity contribution in [2.24, 2.45) is 0 Å². The van der Waals surface area contributed by atoms with Gasteiger partial charge in [0.2, 0.25) is 0 Å². The van der Waals surface area contributed by atoms with E-state index < -0.39 is 18.6 Å². The van der Waals surface area contributed by atoms with Gasteiger partial charge in [-0.2, -0.15) is 8.78 Å². The predicted octanol–water partition coefficient (Wildman–Crippen LogP) is 3.55. The monoisotopic (exact) mass is 412 g/mol. The Morgan fingerprint density at radius 1 is 1.43 bits per heavy atom. The quantitative estimate of drug-likeness (QED) is 0.398. The van der Waals surface area contributed by atoms with Crippen LogP contribution in [0.2, 0.25) is 0 Å². The van der Waals surface area contributed by atoms with Crippen LogP contribution in [0, 0.1) is 0 Å². The predicted molar refractivity (Wildman–Crippen MR) is 104 cm³/mol. The fourth-order valence-electron chi connectivity index (χ4n) is 2.91. The van der Waals surface area contributed by atoms with Crippen molar-refractivity contribution >= 4 is 23.3 Å². The number of alkyl halides is 2. The Morgan fingerprint density at radius 3 is 2.71 bits per heavy atom. The average Bonchev–Trinajstić information content (AvgIpc) is 2.64. The van der Waals surface area contributed by atoms with Crippen molar-refractivity contribution in [3.63, 3.8) is 0 Å². The standard InChI is InChI=1S/C19H22F2N2O4S/c1-5-9-23-11(3)15(17(24)26-6-2)16(22-19(23)28)12-7-8-13(25-4)14(10-12)27-18(20)21/h5,7-8,10,16,18H,1,6,9H2,2-4H3,(H,22,28)/t16-/m0/s1. The molecule has 1 aromatic rings. The van der Waals surface area contributed by atoms with Gasteiger partial charge < -0.3 is 24.4 Å². The van der Waals surface area contributed by atoms with Crippen LogP contribution >= 0.6 is 12.2 Å². The average molecular weight is 412 g/mol. The zero-order valence-electron chi connectivity index (χ0n) is 15.8. The molecule has 152 valence electrons. The maximum Gasteiger partial charge on any atom is 0.387 e. The summed E-state index contributed by atoms with van der Waals surface area (Å²) in [6.45, 7) is 4.71. The number of benzene rings is 1. The molecule has 0 bridgehead atoms. The molecule has 1 aliphatic rings. The minimum absolute atomic E-state index is 0.142. The highest BCUT2D eigenvalue weighted by molar-refractivity contribution is 7.80. The summed E-state index contributed by atoms with van der Waals surface area (Å²) in [6.07, 6.45) is 1.66. The van der Waals surface area contributed by atoms with Crippen molar-refractivity contribution in [1.29, 1.82) is 0 Å². The van der Waals surface area contributed by atoms with Crippen LogP contribution < -0.4 is 14.8 Å². The van der Waals surface area contributed by atoms with Gasteiger partial charge in [0.15, 0.2) is 16.6 Å². The highest BCUT2D eigenvalue weighted by atomic mass is 32.1. The number of thiocarbonyl (C=S) groups is 1. The number of carbonyl (C=O) groups excluding carboxylic acids is 1. The number of carbonyl (C=O) groups is 1. The molecular formula is C19H22F2N2O4S. The van der Waals surface area contributed by atoms with Gasteiger partial charge in [0.05, 0.1) is 25.3 Å². The molecule has 1 aromatic carbocycles. The second-order valence-corrected chi connectivity index (χ2v) is 6.18. The molecular weight excluding hydrogens is 390 g/mol.